The second-order valence-electron chi connectivity index (χ2n) is 2.87. The van der Waals surface area contributed by atoms with Gasteiger partial charge in [0.05, 0.1) is 0 Å². The third-order valence-corrected chi connectivity index (χ3v) is 3.57. The van der Waals surface area contributed by atoms with Crippen molar-refractivity contribution >= 4 is 16.8 Å². The highest BCUT2D eigenvalue weighted by molar-refractivity contribution is 7.87. The zero-order valence-corrected chi connectivity index (χ0v) is 7.90. The molecule has 66 valence electrons. The fraction of sp³-hybridized carbons (Fsp3) is 0.857. The molecule has 0 aliphatic rings. The van der Waals surface area contributed by atoms with Crippen molar-refractivity contribution in [3.05, 3.63) is 0 Å². The minimum Gasteiger partial charge on any atom is -0.480 e. The predicted molar refractivity (Wildman–Crippen MR) is 45.0 cm³/mol. The number of hydrogen-bond donors (Lipinski definition) is 1. The van der Waals surface area contributed by atoms with E-state index in [4.69, 9.17) is 5.11 Å². The zero-order valence-electron chi connectivity index (χ0n) is 7.09. The van der Waals surface area contributed by atoms with E-state index in [0.717, 1.165) is 6.42 Å². The lowest BCUT2D eigenvalue weighted by molar-refractivity contribution is -0.139. The molecule has 0 saturated carbocycles. The fourth-order valence-electron chi connectivity index (χ4n) is 0.538. The SMILES string of the molecule is CCCS(=O)C(C)(C)C(=O)O. The summed E-state index contributed by atoms with van der Waals surface area (Å²) < 4.78 is 10.1. The van der Waals surface area contributed by atoms with Gasteiger partial charge < -0.3 is 5.11 Å². The van der Waals surface area contributed by atoms with Crippen LogP contribution in [0.3, 0.4) is 0 Å². The summed E-state index contributed by atoms with van der Waals surface area (Å²) in [5.74, 6) is -0.538. The zero-order chi connectivity index (χ0) is 9.07. The first-order valence-electron chi connectivity index (χ1n) is 3.54. The lowest BCUT2D eigenvalue weighted by Crippen LogP contribution is -2.37. The van der Waals surface area contributed by atoms with Crippen LogP contribution in [0.2, 0.25) is 0 Å². The Labute approximate surface area is 69.3 Å². The summed E-state index contributed by atoms with van der Waals surface area (Å²) in [5.41, 5.74) is 0. The second kappa shape index (κ2) is 3.85. The summed E-state index contributed by atoms with van der Waals surface area (Å²) >= 11 is 0. The first-order chi connectivity index (χ1) is 4.92. The van der Waals surface area contributed by atoms with E-state index in [2.05, 4.69) is 0 Å². The maximum atomic E-state index is 11.2. The summed E-state index contributed by atoms with van der Waals surface area (Å²) in [4.78, 5) is 10.5. The molecule has 0 aromatic rings. The van der Waals surface area contributed by atoms with Crippen LogP contribution in [0.4, 0.5) is 0 Å². The van der Waals surface area contributed by atoms with E-state index in [1.807, 2.05) is 6.92 Å². The third kappa shape index (κ3) is 2.61. The minimum absolute atomic E-state index is 0.458. The van der Waals surface area contributed by atoms with Gasteiger partial charge in [0.25, 0.3) is 0 Å². The largest absolute Gasteiger partial charge is 0.480 e. The van der Waals surface area contributed by atoms with Gasteiger partial charge in [-0.3, -0.25) is 9.00 Å². The number of rotatable bonds is 4. The van der Waals surface area contributed by atoms with Gasteiger partial charge >= 0.3 is 5.97 Å². The summed E-state index contributed by atoms with van der Waals surface area (Å²) in [7, 11) is -1.26. The van der Waals surface area contributed by atoms with E-state index < -0.39 is 21.5 Å². The monoisotopic (exact) mass is 178 g/mol. The maximum Gasteiger partial charge on any atom is 0.321 e. The molecule has 0 aliphatic heterocycles. The van der Waals surface area contributed by atoms with Gasteiger partial charge in [-0.1, -0.05) is 6.92 Å². The average molecular weight is 178 g/mol. The van der Waals surface area contributed by atoms with Crippen LogP contribution in [0.15, 0.2) is 0 Å². The standard InChI is InChI=1S/C7H14O3S/c1-4-5-11(10)7(2,3)6(8)9/h4-5H2,1-3H3,(H,8,9). The third-order valence-electron chi connectivity index (χ3n) is 1.47. The topological polar surface area (TPSA) is 54.4 Å². The number of carbonyl (C=O) groups is 1. The molecule has 0 aromatic heterocycles. The van der Waals surface area contributed by atoms with E-state index in [0.29, 0.717) is 5.75 Å². The lowest BCUT2D eigenvalue weighted by atomic mass is 10.2. The Bertz CT molecular complexity index is 175. The van der Waals surface area contributed by atoms with Crippen LogP contribution < -0.4 is 0 Å². The second-order valence-corrected chi connectivity index (χ2v) is 4.99. The van der Waals surface area contributed by atoms with Gasteiger partial charge in [-0.05, 0) is 20.3 Å². The van der Waals surface area contributed by atoms with E-state index in [1.165, 1.54) is 13.8 Å². The molecule has 1 N–H and O–H groups in total. The molecule has 1 unspecified atom stereocenters. The van der Waals surface area contributed by atoms with Gasteiger partial charge in [-0.25, -0.2) is 0 Å². The van der Waals surface area contributed by atoms with Crippen molar-refractivity contribution in [3.8, 4) is 0 Å². The quantitative estimate of drug-likeness (QED) is 0.699. The minimum atomic E-state index is -1.26. The summed E-state index contributed by atoms with van der Waals surface area (Å²) in [6, 6.07) is 0. The maximum absolute atomic E-state index is 11.2. The van der Waals surface area contributed by atoms with E-state index >= 15 is 0 Å². The molecule has 0 saturated heterocycles. The highest BCUT2D eigenvalue weighted by atomic mass is 32.2. The van der Waals surface area contributed by atoms with Crippen molar-refractivity contribution in [3.63, 3.8) is 0 Å². The molecule has 0 amide bonds. The normalized spacial score (nSPS) is 14.5. The first-order valence-corrected chi connectivity index (χ1v) is 4.86. The molecule has 0 aliphatic carbocycles. The Morgan fingerprint density at radius 2 is 2.00 bits per heavy atom. The summed E-state index contributed by atoms with van der Waals surface area (Å²) in [6.07, 6.45) is 0.753. The van der Waals surface area contributed by atoms with E-state index in [1.54, 1.807) is 0 Å². The smallest absolute Gasteiger partial charge is 0.321 e. The van der Waals surface area contributed by atoms with Crippen LogP contribution in [0.5, 0.6) is 0 Å². The number of carboxylic acids is 1. The average Bonchev–Trinajstić information content (AvgIpc) is 1.88. The van der Waals surface area contributed by atoms with Crippen molar-refractivity contribution in [1.82, 2.24) is 0 Å². The van der Waals surface area contributed by atoms with Crippen LogP contribution >= 0.6 is 0 Å². The Balaban J connectivity index is 4.30. The molecular weight excluding hydrogens is 164 g/mol. The first kappa shape index (κ1) is 10.6. The van der Waals surface area contributed by atoms with Gasteiger partial charge in [0, 0.05) is 16.6 Å². The predicted octanol–water partition coefficient (Wildman–Crippen LogP) is 1.01. The Kier molecular flexibility index (Phi) is 3.72. The lowest BCUT2D eigenvalue weighted by Gasteiger charge is -2.17. The van der Waals surface area contributed by atoms with Gasteiger partial charge in [-0.15, -0.1) is 0 Å². The van der Waals surface area contributed by atoms with Crippen molar-refractivity contribution < 1.29 is 14.1 Å². The molecule has 0 fully saturated rings. The molecule has 0 aromatic carbocycles. The van der Waals surface area contributed by atoms with Crippen molar-refractivity contribution in [1.29, 1.82) is 0 Å². The van der Waals surface area contributed by atoms with Gasteiger partial charge in [0.1, 0.15) is 4.75 Å². The number of carboxylic acid groups (broad SMARTS) is 1. The molecule has 11 heavy (non-hydrogen) atoms. The highest BCUT2D eigenvalue weighted by Crippen LogP contribution is 2.13. The van der Waals surface area contributed by atoms with Gasteiger partial charge in [-0.2, -0.15) is 0 Å². The summed E-state index contributed by atoms with van der Waals surface area (Å²) in [5, 5.41) is 8.65. The van der Waals surface area contributed by atoms with Crippen molar-refractivity contribution in [2.45, 2.75) is 31.9 Å². The molecule has 0 rings (SSSR count). The van der Waals surface area contributed by atoms with Crippen LogP contribution in [0.1, 0.15) is 27.2 Å². The number of hydrogen-bond acceptors (Lipinski definition) is 2. The van der Waals surface area contributed by atoms with Crippen LogP contribution in [-0.4, -0.2) is 25.8 Å². The van der Waals surface area contributed by atoms with E-state index in [-0.39, 0.29) is 0 Å². The van der Waals surface area contributed by atoms with Crippen LogP contribution in [0.25, 0.3) is 0 Å². The van der Waals surface area contributed by atoms with Crippen LogP contribution in [0, 0.1) is 0 Å². The Morgan fingerprint density at radius 1 is 1.55 bits per heavy atom. The van der Waals surface area contributed by atoms with E-state index in [9.17, 15) is 9.00 Å². The Morgan fingerprint density at radius 3 is 2.27 bits per heavy atom. The molecule has 3 nitrogen and oxygen atoms in total. The molecule has 0 radical (unpaired) electrons. The van der Waals surface area contributed by atoms with Crippen molar-refractivity contribution in [2.75, 3.05) is 5.75 Å². The molecular formula is C7H14O3S. The number of aliphatic carboxylic acids is 1. The molecule has 1 atom stereocenters. The molecule has 0 bridgehead atoms. The summed E-state index contributed by atoms with van der Waals surface area (Å²) in [6.45, 7) is 4.86. The molecule has 0 spiro atoms. The van der Waals surface area contributed by atoms with Gasteiger partial charge in [0.2, 0.25) is 0 Å². The van der Waals surface area contributed by atoms with Crippen LogP contribution in [-0.2, 0) is 15.6 Å². The molecule has 4 heteroatoms. The van der Waals surface area contributed by atoms with Gasteiger partial charge in [0.15, 0.2) is 0 Å². The fourth-order valence-corrected chi connectivity index (χ4v) is 1.61. The Hall–Kier alpha value is -0.380. The highest BCUT2D eigenvalue weighted by Gasteiger charge is 2.33. The molecule has 0 heterocycles. The van der Waals surface area contributed by atoms with Crippen molar-refractivity contribution in [2.24, 2.45) is 0 Å².